The maximum absolute atomic E-state index is 14.3. The lowest BCUT2D eigenvalue weighted by atomic mass is 9.99. The van der Waals surface area contributed by atoms with Gasteiger partial charge in [0.25, 0.3) is 5.91 Å². The SMILES string of the molecule is Cc1[nH]cnc1/C=C1\C(=O)Nc2ccc(F)c(C#CCOC(N)=O)c21. The third-order valence-corrected chi connectivity index (χ3v) is 3.57. The first-order valence-corrected chi connectivity index (χ1v) is 7.24. The van der Waals surface area contributed by atoms with Crippen molar-refractivity contribution in [3.05, 3.63) is 46.8 Å². The van der Waals surface area contributed by atoms with Crippen molar-refractivity contribution in [3.8, 4) is 11.8 Å². The Morgan fingerprint density at radius 2 is 2.28 bits per heavy atom. The number of benzene rings is 1. The first-order valence-electron chi connectivity index (χ1n) is 7.24. The molecule has 1 aliphatic rings. The molecule has 2 aromatic rings. The van der Waals surface area contributed by atoms with Crippen LogP contribution in [0.2, 0.25) is 0 Å². The van der Waals surface area contributed by atoms with Gasteiger partial charge in [0.1, 0.15) is 5.82 Å². The Kier molecular flexibility index (Phi) is 4.22. The van der Waals surface area contributed by atoms with Crippen LogP contribution in [0.1, 0.15) is 22.5 Å². The van der Waals surface area contributed by atoms with Crippen molar-refractivity contribution < 1.29 is 18.7 Å². The normalized spacial score (nSPS) is 13.8. The zero-order chi connectivity index (χ0) is 18.0. The highest BCUT2D eigenvalue weighted by Gasteiger charge is 2.28. The molecule has 3 rings (SSSR count). The topological polar surface area (TPSA) is 110 Å². The van der Waals surface area contributed by atoms with E-state index >= 15 is 0 Å². The number of aryl methyl sites for hydroxylation is 1. The first kappa shape index (κ1) is 16.3. The zero-order valence-corrected chi connectivity index (χ0v) is 13.1. The predicted molar refractivity (Wildman–Crippen MR) is 88.6 cm³/mol. The highest BCUT2D eigenvalue weighted by atomic mass is 19.1. The third kappa shape index (κ3) is 3.21. The molecule has 7 nitrogen and oxygen atoms in total. The van der Waals surface area contributed by atoms with Crippen LogP contribution in [0.3, 0.4) is 0 Å². The monoisotopic (exact) mass is 340 g/mol. The van der Waals surface area contributed by atoms with E-state index in [9.17, 15) is 14.0 Å². The fourth-order valence-electron chi connectivity index (χ4n) is 2.41. The summed E-state index contributed by atoms with van der Waals surface area (Å²) in [4.78, 5) is 29.9. The van der Waals surface area contributed by atoms with E-state index in [0.29, 0.717) is 16.9 Å². The largest absolute Gasteiger partial charge is 0.437 e. The van der Waals surface area contributed by atoms with E-state index in [2.05, 4.69) is 31.9 Å². The second-order valence-electron chi connectivity index (χ2n) is 5.18. The van der Waals surface area contributed by atoms with Gasteiger partial charge in [-0.05, 0) is 25.1 Å². The predicted octanol–water partition coefficient (Wildman–Crippen LogP) is 1.80. The summed E-state index contributed by atoms with van der Waals surface area (Å²) < 4.78 is 18.8. The summed E-state index contributed by atoms with van der Waals surface area (Å²) in [6, 6.07) is 2.67. The summed E-state index contributed by atoms with van der Waals surface area (Å²) in [5.74, 6) is 4.14. The summed E-state index contributed by atoms with van der Waals surface area (Å²) in [5, 5.41) is 2.67. The number of amides is 2. The van der Waals surface area contributed by atoms with Crippen molar-refractivity contribution in [2.45, 2.75) is 6.92 Å². The molecule has 0 aliphatic carbocycles. The Morgan fingerprint density at radius 3 is 2.96 bits per heavy atom. The number of halogens is 1. The fraction of sp³-hybridized carbons (Fsp3) is 0.118. The minimum Gasteiger partial charge on any atom is -0.437 e. The van der Waals surface area contributed by atoms with Crippen LogP contribution in [0.15, 0.2) is 18.5 Å². The number of nitrogens with zero attached hydrogens (tertiary/aromatic N) is 1. The summed E-state index contributed by atoms with van der Waals surface area (Å²) in [6.45, 7) is 1.53. The summed E-state index contributed by atoms with van der Waals surface area (Å²) in [5.41, 5.74) is 7.27. The molecule has 2 heterocycles. The number of nitrogens with one attached hydrogen (secondary N) is 2. The van der Waals surface area contributed by atoms with Gasteiger partial charge in [0, 0.05) is 11.3 Å². The van der Waals surface area contributed by atoms with Crippen LogP contribution < -0.4 is 11.1 Å². The molecule has 0 saturated heterocycles. The van der Waals surface area contributed by atoms with E-state index in [-0.39, 0.29) is 23.7 Å². The Hall–Kier alpha value is -3.60. The Bertz CT molecular complexity index is 966. The van der Waals surface area contributed by atoms with Gasteiger partial charge in [-0.3, -0.25) is 4.79 Å². The number of imidazole rings is 1. The van der Waals surface area contributed by atoms with Gasteiger partial charge in [-0.25, -0.2) is 14.2 Å². The van der Waals surface area contributed by atoms with Crippen molar-refractivity contribution in [2.75, 3.05) is 11.9 Å². The molecular formula is C17H13FN4O3. The van der Waals surface area contributed by atoms with Crippen LogP contribution in [-0.2, 0) is 9.53 Å². The van der Waals surface area contributed by atoms with Crippen molar-refractivity contribution in [1.29, 1.82) is 0 Å². The van der Waals surface area contributed by atoms with Gasteiger partial charge < -0.3 is 20.8 Å². The van der Waals surface area contributed by atoms with Crippen LogP contribution in [-0.4, -0.2) is 28.6 Å². The molecule has 25 heavy (non-hydrogen) atoms. The molecule has 1 aliphatic heterocycles. The number of nitrogens with two attached hydrogens (primary N) is 1. The maximum atomic E-state index is 14.3. The van der Waals surface area contributed by atoms with Crippen LogP contribution in [0.25, 0.3) is 11.6 Å². The smallest absolute Gasteiger partial charge is 0.405 e. The molecule has 0 saturated carbocycles. The minimum absolute atomic E-state index is 0.0309. The van der Waals surface area contributed by atoms with Crippen molar-refractivity contribution in [1.82, 2.24) is 9.97 Å². The van der Waals surface area contributed by atoms with Gasteiger partial charge in [0.05, 0.1) is 28.8 Å². The number of fused-ring (bicyclic) bond motifs is 1. The van der Waals surface area contributed by atoms with Gasteiger partial charge in [0.15, 0.2) is 6.61 Å². The molecule has 1 aromatic heterocycles. The molecule has 1 aromatic carbocycles. The van der Waals surface area contributed by atoms with Crippen LogP contribution >= 0.6 is 0 Å². The van der Waals surface area contributed by atoms with Crippen LogP contribution in [0, 0.1) is 24.6 Å². The summed E-state index contributed by atoms with van der Waals surface area (Å²) in [6.07, 6.45) is 2.10. The quantitative estimate of drug-likeness (QED) is 0.572. The molecule has 0 radical (unpaired) electrons. The van der Waals surface area contributed by atoms with Gasteiger partial charge in [0.2, 0.25) is 0 Å². The standard InChI is InChI=1S/C17H13FN4O3/c1-9-14(21-8-20-9)7-11-15-10(3-2-6-25-17(19)24)12(18)4-5-13(15)22-16(11)23/h4-5,7-8H,6H2,1H3,(H2,19,24)(H,20,21)(H,22,23)/b11-7-. The highest BCUT2D eigenvalue weighted by Crippen LogP contribution is 2.36. The Balaban J connectivity index is 2.07. The fourth-order valence-corrected chi connectivity index (χ4v) is 2.41. The molecule has 0 spiro atoms. The number of anilines is 1. The zero-order valence-electron chi connectivity index (χ0n) is 13.1. The molecule has 0 bridgehead atoms. The third-order valence-electron chi connectivity index (χ3n) is 3.57. The maximum Gasteiger partial charge on any atom is 0.405 e. The van der Waals surface area contributed by atoms with Crippen molar-refractivity contribution >= 4 is 29.3 Å². The van der Waals surface area contributed by atoms with Gasteiger partial charge in [-0.2, -0.15) is 0 Å². The number of primary amides is 1. The van der Waals surface area contributed by atoms with Gasteiger partial charge in [-0.15, -0.1) is 0 Å². The van der Waals surface area contributed by atoms with E-state index in [1.807, 2.05) is 0 Å². The molecular weight excluding hydrogens is 327 g/mol. The number of hydrogen-bond acceptors (Lipinski definition) is 4. The summed E-state index contributed by atoms with van der Waals surface area (Å²) in [7, 11) is 0. The van der Waals surface area contributed by atoms with E-state index in [4.69, 9.17) is 5.73 Å². The number of H-pyrrole nitrogens is 1. The average molecular weight is 340 g/mol. The second-order valence-corrected chi connectivity index (χ2v) is 5.18. The van der Waals surface area contributed by atoms with Gasteiger partial charge >= 0.3 is 6.09 Å². The number of carbonyl (C=O) groups excluding carboxylic acids is 2. The van der Waals surface area contributed by atoms with Crippen molar-refractivity contribution in [2.24, 2.45) is 5.73 Å². The Morgan fingerprint density at radius 1 is 1.48 bits per heavy atom. The Labute approximate surface area is 142 Å². The number of carbonyl (C=O) groups is 2. The van der Waals surface area contributed by atoms with Crippen molar-refractivity contribution in [3.63, 3.8) is 0 Å². The molecule has 4 N–H and O–H groups in total. The minimum atomic E-state index is -0.973. The molecule has 126 valence electrons. The number of rotatable bonds is 2. The summed E-state index contributed by atoms with van der Waals surface area (Å²) >= 11 is 0. The number of ether oxygens (including phenoxy) is 1. The number of aromatic nitrogens is 2. The lowest BCUT2D eigenvalue weighted by Gasteiger charge is -2.04. The van der Waals surface area contributed by atoms with E-state index < -0.39 is 11.9 Å². The highest BCUT2D eigenvalue weighted by molar-refractivity contribution is 6.35. The van der Waals surface area contributed by atoms with E-state index in [0.717, 1.165) is 5.69 Å². The molecule has 0 fully saturated rings. The molecule has 8 heteroatoms. The molecule has 0 unspecified atom stereocenters. The lowest BCUT2D eigenvalue weighted by Crippen LogP contribution is -2.12. The van der Waals surface area contributed by atoms with E-state index in [1.165, 1.54) is 18.5 Å². The van der Waals surface area contributed by atoms with E-state index in [1.54, 1.807) is 13.0 Å². The molecule has 2 amide bonds. The van der Waals surface area contributed by atoms with Crippen LogP contribution in [0.4, 0.5) is 14.9 Å². The average Bonchev–Trinajstić information content (AvgIpc) is 3.10. The molecule has 0 atom stereocenters. The second kappa shape index (κ2) is 6.49. The van der Waals surface area contributed by atoms with Crippen LogP contribution in [0.5, 0.6) is 0 Å². The number of aromatic amines is 1. The number of hydrogen-bond donors (Lipinski definition) is 3. The van der Waals surface area contributed by atoms with Gasteiger partial charge in [-0.1, -0.05) is 11.8 Å². The lowest BCUT2D eigenvalue weighted by molar-refractivity contribution is -0.110. The first-order chi connectivity index (χ1) is 12.0.